The lowest BCUT2D eigenvalue weighted by Crippen LogP contribution is -2.44. The first-order valence-corrected chi connectivity index (χ1v) is 14.4. The third-order valence-corrected chi connectivity index (χ3v) is 6.69. The number of unbranched alkanes of at least 4 members (excludes halogenated alkanes) is 8. The molecule has 0 aliphatic heterocycles. The van der Waals surface area contributed by atoms with Crippen molar-refractivity contribution in [2.24, 2.45) is 5.73 Å². The predicted octanol–water partition coefficient (Wildman–Crippen LogP) is 5.33. The van der Waals surface area contributed by atoms with Crippen molar-refractivity contribution >= 4 is 28.7 Å². The minimum Gasteiger partial charge on any atom is -0.465 e. The smallest absolute Gasteiger partial charge is 0.328 e. The quantitative estimate of drug-likeness (QED) is 0.157. The predicted molar refractivity (Wildman–Crippen MR) is 151 cm³/mol. The molecule has 0 bridgehead atoms. The van der Waals surface area contributed by atoms with E-state index in [1.165, 1.54) is 12.8 Å². The fourth-order valence-corrected chi connectivity index (χ4v) is 4.35. The zero-order chi connectivity index (χ0) is 27.6. The van der Waals surface area contributed by atoms with Crippen LogP contribution in [-0.2, 0) is 30.3 Å². The molecule has 38 heavy (non-hydrogen) atoms. The van der Waals surface area contributed by atoms with Crippen LogP contribution in [0.5, 0.6) is 0 Å². The molecule has 0 spiro atoms. The lowest BCUT2D eigenvalue weighted by molar-refractivity contribution is -0.148. The SMILES string of the molecule is CCCCCCCOC(=O)[C@H](N)CCC(=O)N[C@@H](Cc1c[nH]c2ccccc12)C(=O)OCCCCCCC. The van der Waals surface area contributed by atoms with E-state index < -0.39 is 24.0 Å². The fourth-order valence-electron chi connectivity index (χ4n) is 4.35. The first-order chi connectivity index (χ1) is 18.5. The number of ether oxygens (including phenoxy) is 2. The van der Waals surface area contributed by atoms with Crippen molar-refractivity contribution in [3.8, 4) is 0 Å². The number of esters is 2. The van der Waals surface area contributed by atoms with Crippen LogP contribution in [0.1, 0.15) is 96.5 Å². The first kappa shape index (κ1) is 31.3. The minimum absolute atomic E-state index is 0.0153. The van der Waals surface area contributed by atoms with Gasteiger partial charge in [-0.3, -0.25) is 9.59 Å². The number of para-hydroxylation sites is 1. The van der Waals surface area contributed by atoms with E-state index in [9.17, 15) is 14.4 Å². The second kappa shape index (κ2) is 18.4. The van der Waals surface area contributed by atoms with Crippen LogP contribution in [-0.4, -0.2) is 48.1 Å². The number of carbonyl (C=O) groups excluding carboxylic acids is 3. The van der Waals surface area contributed by atoms with Gasteiger partial charge in [-0.25, -0.2) is 4.79 Å². The lowest BCUT2D eigenvalue weighted by atomic mass is 10.0. The van der Waals surface area contributed by atoms with Gasteiger partial charge in [0.1, 0.15) is 12.1 Å². The molecule has 0 aliphatic rings. The molecule has 1 aromatic heterocycles. The summed E-state index contributed by atoms with van der Waals surface area (Å²) in [7, 11) is 0. The number of hydrogen-bond donors (Lipinski definition) is 3. The van der Waals surface area contributed by atoms with Gasteiger partial charge in [-0.1, -0.05) is 83.4 Å². The molecule has 8 heteroatoms. The molecule has 4 N–H and O–H groups in total. The summed E-state index contributed by atoms with van der Waals surface area (Å²) in [6.45, 7) is 4.99. The Kier molecular flexibility index (Phi) is 15.2. The molecule has 1 amide bonds. The number of carbonyl (C=O) groups is 3. The molecule has 1 heterocycles. The summed E-state index contributed by atoms with van der Waals surface area (Å²) >= 11 is 0. The van der Waals surface area contributed by atoms with Gasteiger partial charge in [-0.15, -0.1) is 0 Å². The van der Waals surface area contributed by atoms with Crippen molar-refractivity contribution < 1.29 is 23.9 Å². The van der Waals surface area contributed by atoms with E-state index in [0.29, 0.717) is 19.6 Å². The summed E-state index contributed by atoms with van der Waals surface area (Å²) in [4.78, 5) is 41.1. The largest absolute Gasteiger partial charge is 0.465 e. The van der Waals surface area contributed by atoms with Crippen LogP contribution in [0, 0.1) is 0 Å². The maximum absolute atomic E-state index is 12.9. The Labute approximate surface area is 227 Å². The van der Waals surface area contributed by atoms with Crippen LogP contribution in [0.2, 0.25) is 0 Å². The van der Waals surface area contributed by atoms with Crippen molar-refractivity contribution in [2.45, 2.75) is 109 Å². The molecule has 212 valence electrons. The second-order valence-electron chi connectivity index (χ2n) is 9.99. The Hall–Kier alpha value is -2.87. The molecule has 1 aromatic carbocycles. The van der Waals surface area contributed by atoms with Crippen LogP contribution >= 0.6 is 0 Å². The maximum atomic E-state index is 12.9. The summed E-state index contributed by atoms with van der Waals surface area (Å²) in [5.74, 6) is -1.30. The zero-order valence-electron chi connectivity index (χ0n) is 23.3. The van der Waals surface area contributed by atoms with Gasteiger partial charge in [0.15, 0.2) is 0 Å². The Bertz CT molecular complexity index is 974. The highest BCUT2D eigenvalue weighted by Gasteiger charge is 2.25. The van der Waals surface area contributed by atoms with E-state index in [1.807, 2.05) is 30.5 Å². The number of hydrogen-bond acceptors (Lipinski definition) is 6. The molecular formula is C30H47N3O5. The summed E-state index contributed by atoms with van der Waals surface area (Å²) < 4.78 is 10.8. The van der Waals surface area contributed by atoms with Crippen LogP contribution in [0.25, 0.3) is 10.9 Å². The molecule has 0 saturated carbocycles. The van der Waals surface area contributed by atoms with Crippen molar-refractivity contribution in [2.75, 3.05) is 13.2 Å². The minimum atomic E-state index is -0.876. The maximum Gasteiger partial charge on any atom is 0.328 e. The molecule has 0 aliphatic carbocycles. The Morgan fingerprint density at radius 2 is 1.47 bits per heavy atom. The molecule has 2 rings (SSSR count). The lowest BCUT2D eigenvalue weighted by Gasteiger charge is -2.18. The number of rotatable bonds is 20. The monoisotopic (exact) mass is 529 g/mol. The summed E-state index contributed by atoms with van der Waals surface area (Å²) in [5.41, 5.74) is 7.84. The molecule has 2 aromatic rings. The molecule has 8 nitrogen and oxygen atoms in total. The van der Waals surface area contributed by atoms with Gasteiger partial charge in [0.2, 0.25) is 5.91 Å². The molecule has 0 radical (unpaired) electrons. The second-order valence-corrected chi connectivity index (χ2v) is 9.99. The van der Waals surface area contributed by atoms with E-state index in [-0.39, 0.29) is 18.7 Å². The standard InChI is InChI=1S/C30H47N3O5/c1-3-5-7-9-13-19-37-29(35)25(31)17-18-28(34)33-27(30(36)38-20-14-10-8-6-4-2)21-23-22-32-26-16-12-11-15-24(23)26/h11-12,15-16,22,25,27,32H,3-10,13-14,17-21,31H2,1-2H3,(H,33,34)/t25-,27+/m1/s1. The van der Waals surface area contributed by atoms with Crippen molar-refractivity contribution in [3.63, 3.8) is 0 Å². The first-order valence-electron chi connectivity index (χ1n) is 14.4. The molecule has 0 saturated heterocycles. The number of amides is 1. The number of benzene rings is 1. The summed E-state index contributed by atoms with van der Waals surface area (Å²) in [6.07, 6.45) is 12.9. The van der Waals surface area contributed by atoms with Gasteiger partial charge < -0.3 is 25.5 Å². The number of H-pyrrole nitrogens is 1. The Balaban J connectivity index is 1.87. The van der Waals surface area contributed by atoms with Crippen molar-refractivity contribution in [3.05, 3.63) is 36.0 Å². The highest BCUT2D eigenvalue weighted by atomic mass is 16.5. The molecule has 0 unspecified atom stereocenters. The molecule has 2 atom stereocenters. The number of nitrogens with one attached hydrogen (secondary N) is 2. The highest BCUT2D eigenvalue weighted by Crippen LogP contribution is 2.19. The van der Waals surface area contributed by atoms with Crippen LogP contribution in [0.15, 0.2) is 30.5 Å². The number of nitrogens with two attached hydrogens (primary N) is 1. The number of fused-ring (bicyclic) bond motifs is 1. The fraction of sp³-hybridized carbons (Fsp3) is 0.633. The average Bonchev–Trinajstić information content (AvgIpc) is 3.33. The van der Waals surface area contributed by atoms with Gasteiger partial charge in [-0.2, -0.15) is 0 Å². The van der Waals surface area contributed by atoms with Crippen molar-refractivity contribution in [1.82, 2.24) is 10.3 Å². The van der Waals surface area contributed by atoms with E-state index in [1.54, 1.807) is 0 Å². The summed E-state index contributed by atoms with van der Waals surface area (Å²) in [6, 6.07) is 6.12. The average molecular weight is 530 g/mol. The van der Waals surface area contributed by atoms with Gasteiger partial charge in [-0.05, 0) is 30.9 Å². The van der Waals surface area contributed by atoms with E-state index in [0.717, 1.165) is 67.8 Å². The van der Waals surface area contributed by atoms with E-state index in [2.05, 4.69) is 24.1 Å². The Morgan fingerprint density at radius 3 is 2.13 bits per heavy atom. The molecule has 0 fully saturated rings. The Morgan fingerprint density at radius 1 is 0.868 bits per heavy atom. The van der Waals surface area contributed by atoms with Gasteiger partial charge in [0.05, 0.1) is 13.2 Å². The summed E-state index contributed by atoms with van der Waals surface area (Å²) in [5, 5.41) is 3.81. The molecular weight excluding hydrogens is 482 g/mol. The number of aromatic amines is 1. The van der Waals surface area contributed by atoms with E-state index in [4.69, 9.17) is 15.2 Å². The van der Waals surface area contributed by atoms with E-state index >= 15 is 0 Å². The van der Waals surface area contributed by atoms with Crippen LogP contribution in [0.3, 0.4) is 0 Å². The van der Waals surface area contributed by atoms with Crippen LogP contribution in [0.4, 0.5) is 0 Å². The van der Waals surface area contributed by atoms with Crippen molar-refractivity contribution in [1.29, 1.82) is 0 Å². The van der Waals surface area contributed by atoms with Gasteiger partial charge >= 0.3 is 11.9 Å². The third kappa shape index (κ3) is 11.7. The van der Waals surface area contributed by atoms with Crippen LogP contribution < -0.4 is 11.1 Å². The topological polar surface area (TPSA) is 124 Å². The highest BCUT2D eigenvalue weighted by molar-refractivity contribution is 5.87. The third-order valence-electron chi connectivity index (χ3n) is 6.69. The van der Waals surface area contributed by atoms with Gasteiger partial charge in [0.25, 0.3) is 0 Å². The van der Waals surface area contributed by atoms with Gasteiger partial charge in [0, 0.05) is 29.9 Å². The normalized spacial score (nSPS) is 12.7. The number of aromatic nitrogens is 1. The zero-order valence-corrected chi connectivity index (χ0v) is 23.3.